The lowest BCUT2D eigenvalue weighted by atomic mass is 10.3. The molecule has 0 aliphatic heterocycles. The number of rotatable bonds is 6. The van der Waals surface area contributed by atoms with Crippen molar-refractivity contribution < 1.29 is 23.5 Å². The highest BCUT2D eigenvalue weighted by molar-refractivity contribution is 5.92. The van der Waals surface area contributed by atoms with Crippen LogP contribution in [0.25, 0.3) is 0 Å². The van der Waals surface area contributed by atoms with Crippen molar-refractivity contribution in [3.05, 3.63) is 29.8 Å². The highest BCUT2D eigenvalue weighted by Crippen LogP contribution is 2.26. The number of carboxylic acid groups (broad SMARTS) is 1. The van der Waals surface area contributed by atoms with Crippen LogP contribution in [0.4, 0.5) is 14.5 Å². The number of carbonyl (C=O) groups is 2. The molecule has 0 saturated heterocycles. The second-order valence-corrected chi connectivity index (χ2v) is 4.70. The van der Waals surface area contributed by atoms with Crippen LogP contribution < -0.4 is 5.32 Å². The Morgan fingerprint density at radius 3 is 2.55 bits per heavy atom. The lowest BCUT2D eigenvalue weighted by Gasteiger charge is -2.19. The second-order valence-electron chi connectivity index (χ2n) is 4.70. The number of benzene rings is 1. The Kier molecular flexibility index (Phi) is 4.29. The van der Waals surface area contributed by atoms with E-state index in [2.05, 4.69) is 5.32 Å². The summed E-state index contributed by atoms with van der Waals surface area (Å²) in [6.07, 6.45) is 1.71. The molecular weight excluding hydrogens is 270 g/mol. The molecule has 1 amide bonds. The number of halogens is 2. The summed E-state index contributed by atoms with van der Waals surface area (Å²) in [5.41, 5.74) is -0.123. The molecule has 7 heteroatoms. The van der Waals surface area contributed by atoms with Crippen molar-refractivity contribution in [2.75, 3.05) is 18.4 Å². The number of aliphatic carboxylic acids is 1. The third-order valence-electron chi connectivity index (χ3n) is 2.95. The smallest absolute Gasteiger partial charge is 0.317 e. The first kappa shape index (κ1) is 14.4. The molecule has 0 spiro atoms. The first-order chi connectivity index (χ1) is 9.45. The molecule has 1 fully saturated rings. The quantitative estimate of drug-likeness (QED) is 0.829. The van der Waals surface area contributed by atoms with Crippen LogP contribution in [-0.2, 0) is 9.59 Å². The van der Waals surface area contributed by atoms with Gasteiger partial charge in [0, 0.05) is 12.1 Å². The molecule has 1 aromatic rings. The maximum Gasteiger partial charge on any atom is 0.317 e. The minimum Gasteiger partial charge on any atom is -0.480 e. The summed E-state index contributed by atoms with van der Waals surface area (Å²) in [5, 5.41) is 11.1. The Hall–Kier alpha value is -2.02. The zero-order chi connectivity index (χ0) is 14.7. The first-order valence-corrected chi connectivity index (χ1v) is 6.16. The summed E-state index contributed by atoms with van der Waals surface area (Å²) in [6, 6.07) is 2.93. The predicted octanol–water partition coefficient (Wildman–Crippen LogP) is 1.45. The van der Waals surface area contributed by atoms with Crippen molar-refractivity contribution in [1.82, 2.24) is 4.90 Å². The number of nitrogens with zero attached hydrogens (tertiary/aromatic N) is 1. The van der Waals surface area contributed by atoms with Crippen LogP contribution in [0.2, 0.25) is 0 Å². The maximum absolute atomic E-state index is 13.4. The van der Waals surface area contributed by atoms with Gasteiger partial charge in [0.25, 0.3) is 0 Å². The van der Waals surface area contributed by atoms with Crippen LogP contribution in [-0.4, -0.2) is 41.0 Å². The SMILES string of the molecule is O=C(O)CN(CC(=O)Nc1ccc(F)cc1F)C1CC1. The minimum atomic E-state index is -1.02. The molecule has 0 atom stereocenters. The van der Waals surface area contributed by atoms with E-state index in [0.29, 0.717) is 6.07 Å². The van der Waals surface area contributed by atoms with Gasteiger partial charge >= 0.3 is 5.97 Å². The predicted molar refractivity (Wildman–Crippen MR) is 67.2 cm³/mol. The van der Waals surface area contributed by atoms with Crippen LogP contribution in [0, 0.1) is 11.6 Å². The third-order valence-corrected chi connectivity index (χ3v) is 2.95. The van der Waals surface area contributed by atoms with Gasteiger partial charge in [-0.1, -0.05) is 0 Å². The molecule has 0 bridgehead atoms. The van der Waals surface area contributed by atoms with Crippen LogP contribution in [0.15, 0.2) is 18.2 Å². The summed E-state index contributed by atoms with van der Waals surface area (Å²) in [6.45, 7) is -0.363. The van der Waals surface area contributed by atoms with Crippen molar-refractivity contribution in [1.29, 1.82) is 0 Å². The number of amides is 1. The molecule has 1 aromatic carbocycles. The van der Waals surface area contributed by atoms with Gasteiger partial charge < -0.3 is 10.4 Å². The van der Waals surface area contributed by atoms with Gasteiger partial charge in [-0.05, 0) is 25.0 Å². The molecule has 2 rings (SSSR count). The molecule has 5 nitrogen and oxygen atoms in total. The Bertz CT molecular complexity index is 532. The zero-order valence-corrected chi connectivity index (χ0v) is 10.6. The topological polar surface area (TPSA) is 69.6 Å². The van der Waals surface area contributed by atoms with Gasteiger partial charge in [0.1, 0.15) is 11.6 Å². The standard InChI is InChI=1S/C13H14F2N2O3/c14-8-1-4-11(10(15)5-8)16-12(18)6-17(7-13(19)20)9-2-3-9/h1,4-5,9H,2-3,6-7H2,(H,16,18)(H,19,20). The van der Waals surface area contributed by atoms with E-state index in [4.69, 9.17) is 5.11 Å². The van der Waals surface area contributed by atoms with Crippen molar-refractivity contribution in [2.24, 2.45) is 0 Å². The summed E-state index contributed by atoms with van der Waals surface area (Å²) in [4.78, 5) is 24.0. The van der Waals surface area contributed by atoms with E-state index in [0.717, 1.165) is 25.0 Å². The maximum atomic E-state index is 13.4. The van der Waals surface area contributed by atoms with Gasteiger partial charge in [0.05, 0.1) is 18.8 Å². The van der Waals surface area contributed by atoms with E-state index in [1.165, 1.54) is 4.90 Å². The van der Waals surface area contributed by atoms with Crippen LogP contribution in [0.1, 0.15) is 12.8 Å². The van der Waals surface area contributed by atoms with E-state index in [1.807, 2.05) is 0 Å². The summed E-state index contributed by atoms with van der Waals surface area (Å²) in [7, 11) is 0. The fourth-order valence-corrected chi connectivity index (χ4v) is 1.89. The minimum absolute atomic E-state index is 0.0925. The van der Waals surface area contributed by atoms with Crippen molar-refractivity contribution >= 4 is 17.6 Å². The number of anilines is 1. The number of carboxylic acids is 1. The van der Waals surface area contributed by atoms with E-state index >= 15 is 0 Å². The molecule has 1 aliphatic carbocycles. The van der Waals surface area contributed by atoms with Gasteiger partial charge in [-0.2, -0.15) is 0 Å². The fourth-order valence-electron chi connectivity index (χ4n) is 1.89. The van der Waals surface area contributed by atoms with Crippen LogP contribution >= 0.6 is 0 Å². The third kappa shape index (κ3) is 3.99. The van der Waals surface area contributed by atoms with Gasteiger partial charge in [0.2, 0.25) is 5.91 Å². The first-order valence-electron chi connectivity index (χ1n) is 6.16. The number of hydrogen-bond donors (Lipinski definition) is 2. The van der Waals surface area contributed by atoms with Gasteiger partial charge in [0.15, 0.2) is 0 Å². The van der Waals surface area contributed by atoms with Gasteiger partial charge in [-0.3, -0.25) is 14.5 Å². The normalized spacial score (nSPS) is 14.3. The van der Waals surface area contributed by atoms with Gasteiger partial charge in [-0.15, -0.1) is 0 Å². The molecule has 0 heterocycles. The molecule has 2 N–H and O–H groups in total. The molecular formula is C13H14F2N2O3. The average Bonchev–Trinajstić information content (AvgIpc) is 3.15. The Balaban J connectivity index is 1.95. The lowest BCUT2D eigenvalue weighted by Crippen LogP contribution is -2.38. The highest BCUT2D eigenvalue weighted by atomic mass is 19.1. The molecule has 1 aliphatic rings. The highest BCUT2D eigenvalue weighted by Gasteiger charge is 2.31. The molecule has 0 aromatic heterocycles. The monoisotopic (exact) mass is 284 g/mol. The zero-order valence-electron chi connectivity index (χ0n) is 10.6. The second kappa shape index (κ2) is 5.96. The number of hydrogen-bond acceptors (Lipinski definition) is 3. The van der Waals surface area contributed by atoms with E-state index in [9.17, 15) is 18.4 Å². The molecule has 0 radical (unpaired) electrons. The van der Waals surface area contributed by atoms with Gasteiger partial charge in [-0.25, -0.2) is 8.78 Å². The van der Waals surface area contributed by atoms with Crippen molar-refractivity contribution in [2.45, 2.75) is 18.9 Å². The van der Waals surface area contributed by atoms with E-state index in [1.54, 1.807) is 0 Å². The number of nitrogens with one attached hydrogen (secondary N) is 1. The average molecular weight is 284 g/mol. The van der Waals surface area contributed by atoms with Crippen molar-refractivity contribution in [3.8, 4) is 0 Å². The Labute approximate surface area is 114 Å². The fraction of sp³-hybridized carbons (Fsp3) is 0.385. The molecule has 20 heavy (non-hydrogen) atoms. The van der Waals surface area contributed by atoms with Crippen LogP contribution in [0.3, 0.4) is 0 Å². The van der Waals surface area contributed by atoms with E-state index < -0.39 is 23.5 Å². The Morgan fingerprint density at radius 1 is 1.30 bits per heavy atom. The van der Waals surface area contributed by atoms with Crippen LogP contribution in [0.5, 0.6) is 0 Å². The Morgan fingerprint density at radius 2 is 2.00 bits per heavy atom. The summed E-state index contributed by atoms with van der Waals surface area (Å²) < 4.78 is 26.1. The molecule has 108 valence electrons. The largest absolute Gasteiger partial charge is 0.480 e. The molecule has 1 saturated carbocycles. The summed E-state index contributed by atoms with van der Waals surface area (Å²) >= 11 is 0. The molecule has 0 unspecified atom stereocenters. The number of carbonyl (C=O) groups excluding carboxylic acids is 1. The summed E-state index contributed by atoms with van der Waals surface area (Å²) in [5.74, 6) is -3.14. The van der Waals surface area contributed by atoms with E-state index in [-0.39, 0.29) is 24.8 Å². The van der Waals surface area contributed by atoms with Crippen molar-refractivity contribution in [3.63, 3.8) is 0 Å². The lowest BCUT2D eigenvalue weighted by molar-refractivity contribution is -0.138.